The van der Waals surface area contributed by atoms with Gasteiger partial charge in [0.2, 0.25) is 0 Å². The maximum Gasteiger partial charge on any atom is 0.257 e. The Morgan fingerprint density at radius 2 is 2.24 bits per heavy atom. The molecule has 0 saturated carbocycles. The lowest BCUT2D eigenvalue weighted by atomic mass is 9.99. The molecule has 1 atom stereocenters. The molecule has 94 valence electrons. The number of piperidine rings is 1. The molecule has 17 heavy (non-hydrogen) atoms. The minimum absolute atomic E-state index is 0.144. The van der Waals surface area contributed by atoms with Crippen LogP contribution in [0.5, 0.6) is 0 Å². The molecule has 3 heteroatoms. The van der Waals surface area contributed by atoms with E-state index in [1.165, 1.54) is 6.42 Å². The molecule has 1 saturated heterocycles. The Morgan fingerprint density at radius 3 is 2.82 bits per heavy atom. The van der Waals surface area contributed by atoms with Gasteiger partial charge in [-0.3, -0.25) is 4.79 Å². The van der Waals surface area contributed by atoms with Crippen LogP contribution in [0.4, 0.5) is 0 Å². The van der Waals surface area contributed by atoms with Crippen molar-refractivity contribution in [1.82, 2.24) is 4.90 Å². The SMILES string of the molecule is CC[C@@H]1CCCCN1C(=O)c1cc(C)oc1C. The van der Waals surface area contributed by atoms with Gasteiger partial charge in [-0.25, -0.2) is 0 Å². The second kappa shape index (κ2) is 4.94. The van der Waals surface area contributed by atoms with Gasteiger partial charge in [0.1, 0.15) is 11.5 Å². The molecule has 0 spiro atoms. The number of nitrogens with zero attached hydrogens (tertiary/aromatic N) is 1. The van der Waals surface area contributed by atoms with E-state index in [1.54, 1.807) is 0 Å². The largest absolute Gasteiger partial charge is 0.466 e. The summed E-state index contributed by atoms with van der Waals surface area (Å²) in [6, 6.07) is 2.27. The number of likely N-dealkylation sites (tertiary alicyclic amines) is 1. The molecule has 3 nitrogen and oxygen atoms in total. The summed E-state index contributed by atoms with van der Waals surface area (Å²) in [5.74, 6) is 1.70. The maximum absolute atomic E-state index is 12.5. The summed E-state index contributed by atoms with van der Waals surface area (Å²) in [7, 11) is 0. The van der Waals surface area contributed by atoms with Crippen LogP contribution >= 0.6 is 0 Å². The Labute approximate surface area is 103 Å². The van der Waals surface area contributed by atoms with Crippen molar-refractivity contribution >= 4 is 5.91 Å². The van der Waals surface area contributed by atoms with Gasteiger partial charge in [0, 0.05) is 12.6 Å². The lowest BCUT2D eigenvalue weighted by Crippen LogP contribution is -2.43. The quantitative estimate of drug-likeness (QED) is 0.788. The number of furan rings is 1. The highest BCUT2D eigenvalue weighted by molar-refractivity contribution is 5.95. The summed E-state index contributed by atoms with van der Waals surface area (Å²) in [5, 5.41) is 0. The molecule has 0 unspecified atom stereocenters. The standard InChI is InChI=1S/C14H21NO2/c1-4-12-7-5-6-8-15(12)14(16)13-9-10(2)17-11(13)3/h9,12H,4-8H2,1-3H3/t12-/m1/s1. The van der Waals surface area contributed by atoms with E-state index in [-0.39, 0.29) is 5.91 Å². The van der Waals surface area contributed by atoms with Crippen molar-refractivity contribution in [3.05, 3.63) is 23.2 Å². The lowest BCUT2D eigenvalue weighted by Gasteiger charge is -2.35. The maximum atomic E-state index is 12.5. The number of carbonyl (C=O) groups excluding carboxylic acids is 1. The van der Waals surface area contributed by atoms with Crippen molar-refractivity contribution in [3.63, 3.8) is 0 Å². The Hall–Kier alpha value is -1.25. The summed E-state index contributed by atoms with van der Waals surface area (Å²) in [5.41, 5.74) is 0.739. The molecule has 0 radical (unpaired) electrons. The number of hydrogen-bond donors (Lipinski definition) is 0. The zero-order chi connectivity index (χ0) is 12.4. The average molecular weight is 235 g/mol. The third-order valence-electron chi connectivity index (χ3n) is 3.63. The van der Waals surface area contributed by atoms with Crippen LogP contribution in [0.2, 0.25) is 0 Å². The first-order valence-corrected chi connectivity index (χ1v) is 6.51. The van der Waals surface area contributed by atoms with E-state index in [2.05, 4.69) is 6.92 Å². The van der Waals surface area contributed by atoms with Crippen LogP contribution in [0.25, 0.3) is 0 Å². The number of aryl methyl sites for hydroxylation is 2. The van der Waals surface area contributed by atoms with Crippen molar-refractivity contribution in [2.45, 2.75) is 52.5 Å². The topological polar surface area (TPSA) is 33.5 Å². The van der Waals surface area contributed by atoms with Crippen molar-refractivity contribution in [1.29, 1.82) is 0 Å². The molecule has 1 aliphatic rings. The predicted molar refractivity (Wildman–Crippen MR) is 67.1 cm³/mol. The van der Waals surface area contributed by atoms with E-state index in [1.807, 2.05) is 24.8 Å². The minimum atomic E-state index is 0.144. The summed E-state index contributed by atoms with van der Waals surface area (Å²) >= 11 is 0. The zero-order valence-electron chi connectivity index (χ0n) is 11.0. The fraction of sp³-hybridized carbons (Fsp3) is 0.643. The van der Waals surface area contributed by atoms with Gasteiger partial charge in [-0.2, -0.15) is 0 Å². The van der Waals surface area contributed by atoms with Crippen LogP contribution < -0.4 is 0 Å². The van der Waals surface area contributed by atoms with Crippen molar-refractivity contribution < 1.29 is 9.21 Å². The van der Waals surface area contributed by atoms with E-state index in [4.69, 9.17) is 4.42 Å². The predicted octanol–water partition coefficient (Wildman–Crippen LogP) is 3.30. The molecule has 0 aliphatic carbocycles. The first-order chi connectivity index (χ1) is 8.13. The first-order valence-electron chi connectivity index (χ1n) is 6.51. The molecule has 1 aliphatic heterocycles. The number of amides is 1. The van der Waals surface area contributed by atoms with E-state index >= 15 is 0 Å². The van der Waals surface area contributed by atoms with E-state index < -0.39 is 0 Å². The fourth-order valence-corrected chi connectivity index (χ4v) is 2.69. The highest BCUT2D eigenvalue weighted by Crippen LogP contribution is 2.24. The van der Waals surface area contributed by atoms with Crippen LogP contribution in [-0.2, 0) is 0 Å². The number of rotatable bonds is 2. The monoisotopic (exact) mass is 235 g/mol. The molecule has 0 aromatic carbocycles. The smallest absolute Gasteiger partial charge is 0.257 e. The van der Waals surface area contributed by atoms with Gasteiger partial charge < -0.3 is 9.32 Å². The molecule has 1 amide bonds. The van der Waals surface area contributed by atoms with Gasteiger partial charge >= 0.3 is 0 Å². The van der Waals surface area contributed by atoms with Crippen molar-refractivity contribution in [2.75, 3.05) is 6.54 Å². The Morgan fingerprint density at radius 1 is 1.47 bits per heavy atom. The molecule has 0 bridgehead atoms. The van der Waals surface area contributed by atoms with Gasteiger partial charge in [0.05, 0.1) is 5.56 Å². The van der Waals surface area contributed by atoms with Gasteiger partial charge in [0.25, 0.3) is 5.91 Å². The van der Waals surface area contributed by atoms with Crippen molar-refractivity contribution in [2.24, 2.45) is 0 Å². The molecular formula is C14H21NO2. The number of hydrogen-bond acceptors (Lipinski definition) is 2. The summed E-state index contributed by atoms with van der Waals surface area (Å²) in [6.45, 7) is 6.80. The lowest BCUT2D eigenvalue weighted by molar-refractivity contribution is 0.0606. The first kappa shape index (κ1) is 12.2. The summed E-state index contributed by atoms with van der Waals surface area (Å²) in [4.78, 5) is 14.5. The molecule has 2 heterocycles. The van der Waals surface area contributed by atoms with Gasteiger partial charge in [-0.05, 0) is 45.6 Å². The highest BCUT2D eigenvalue weighted by Gasteiger charge is 2.28. The van der Waals surface area contributed by atoms with Gasteiger partial charge in [0.15, 0.2) is 0 Å². The van der Waals surface area contributed by atoms with E-state index in [9.17, 15) is 4.79 Å². The Kier molecular flexibility index (Phi) is 3.55. The fourth-order valence-electron chi connectivity index (χ4n) is 2.69. The molecule has 0 N–H and O–H groups in total. The second-order valence-electron chi connectivity index (χ2n) is 4.88. The van der Waals surface area contributed by atoms with Gasteiger partial charge in [-0.1, -0.05) is 6.92 Å². The van der Waals surface area contributed by atoms with E-state index in [0.717, 1.165) is 42.9 Å². The molecule has 1 aromatic rings. The molecular weight excluding hydrogens is 214 g/mol. The van der Waals surface area contributed by atoms with E-state index in [0.29, 0.717) is 6.04 Å². The third kappa shape index (κ3) is 2.38. The van der Waals surface area contributed by atoms with Crippen LogP contribution in [0.15, 0.2) is 10.5 Å². The normalized spacial score (nSPS) is 20.6. The molecule has 1 fully saturated rings. The summed E-state index contributed by atoms with van der Waals surface area (Å²) in [6.07, 6.45) is 4.55. The van der Waals surface area contributed by atoms with Crippen LogP contribution in [0, 0.1) is 13.8 Å². The van der Waals surface area contributed by atoms with Gasteiger partial charge in [-0.15, -0.1) is 0 Å². The second-order valence-corrected chi connectivity index (χ2v) is 4.88. The molecule has 1 aromatic heterocycles. The summed E-state index contributed by atoms with van der Waals surface area (Å²) < 4.78 is 5.45. The van der Waals surface area contributed by atoms with Crippen LogP contribution in [-0.4, -0.2) is 23.4 Å². The zero-order valence-corrected chi connectivity index (χ0v) is 11.0. The highest BCUT2D eigenvalue weighted by atomic mass is 16.3. The Bertz CT molecular complexity index is 408. The minimum Gasteiger partial charge on any atom is -0.466 e. The Balaban J connectivity index is 2.21. The van der Waals surface area contributed by atoms with Crippen LogP contribution in [0.1, 0.15) is 54.5 Å². The van der Waals surface area contributed by atoms with Crippen molar-refractivity contribution in [3.8, 4) is 0 Å². The molecule has 2 rings (SSSR count). The van der Waals surface area contributed by atoms with Crippen LogP contribution in [0.3, 0.4) is 0 Å². The number of carbonyl (C=O) groups is 1. The third-order valence-corrected chi connectivity index (χ3v) is 3.63. The average Bonchev–Trinajstić information content (AvgIpc) is 2.67.